The molecule has 9 nitrogen and oxygen atoms in total. The Morgan fingerprint density at radius 3 is 2.73 bits per heavy atom. The number of carbonyl (C=O) groups is 1. The van der Waals surface area contributed by atoms with Crippen LogP contribution >= 0.6 is 0 Å². The first-order valence-corrected chi connectivity index (χ1v) is 10.1. The van der Waals surface area contributed by atoms with E-state index in [1.54, 1.807) is 12.2 Å². The van der Waals surface area contributed by atoms with Crippen LogP contribution in [0.1, 0.15) is 37.3 Å². The summed E-state index contributed by atoms with van der Waals surface area (Å²) in [4.78, 5) is 28.3. The first-order valence-electron chi connectivity index (χ1n) is 10.1. The second kappa shape index (κ2) is 9.73. The molecule has 0 aliphatic carbocycles. The Morgan fingerprint density at radius 1 is 1.33 bits per heavy atom. The number of hydrogen-bond acceptors (Lipinski definition) is 7. The number of anilines is 3. The molecule has 3 rings (SSSR count). The van der Waals surface area contributed by atoms with Gasteiger partial charge in [-0.1, -0.05) is 26.0 Å². The van der Waals surface area contributed by atoms with Crippen molar-refractivity contribution in [1.29, 1.82) is 0 Å². The highest BCUT2D eigenvalue weighted by Crippen LogP contribution is 2.26. The predicted octanol–water partition coefficient (Wildman–Crippen LogP) is 2.58. The van der Waals surface area contributed by atoms with E-state index in [4.69, 9.17) is 10.6 Å². The lowest BCUT2D eigenvalue weighted by atomic mass is 10.0. The van der Waals surface area contributed by atoms with Gasteiger partial charge >= 0.3 is 6.03 Å². The molecule has 1 fully saturated rings. The van der Waals surface area contributed by atoms with Gasteiger partial charge in [-0.05, 0) is 30.0 Å². The van der Waals surface area contributed by atoms with Crippen LogP contribution in [0.4, 0.5) is 22.1 Å². The highest BCUT2D eigenvalue weighted by atomic mass is 16.7. The van der Waals surface area contributed by atoms with Gasteiger partial charge in [0.2, 0.25) is 0 Å². The summed E-state index contributed by atoms with van der Waals surface area (Å²) in [6.07, 6.45) is 2.29. The van der Waals surface area contributed by atoms with Crippen molar-refractivity contribution < 1.29 is 9.63 Å². The third kappa shape index (κ3) is 5.37. The number of benzene rings is 1. The monoisotopic (exact) mass is 413 g/mol. The number of aromatic nitrogens is 2. The number of urea groups is 1. The SMILES string of the molecule is CON(C)Cc1c(N)ncnc1N1CCC(NC(=O)Nc2ccc(C(C)C)cc2)C1. The van der Waals surface area contributed by atoms with E-state index in [0.29, 0.717) is 24.8 Å². The van der Waals surface area contributed by atoms with Crippen LogP contribution in [0.3, 0.4) is 0 Å². The summed E-state index contributed by atoms with van der Waals surface area (Å²) in [7, 11) is 3.42. The summed E-state index contributed by atoms with van der Waals surface area (Å²) < 4.78 is 0. The molecule has 30 heavy (non-hydrogen) atoms. The van der Waals surface area contributed by atoms with Gasteiger partial charge in [-0.2, -0.15) is 5.06 Å². The molecule has 0 radical (unpaired) electrons. The number of rotatable bonds is 7. The lowest BCUT2D eigenvalue weighted by molar-refractivity contribution is -0.116. The third-order valence-electron chi connectivity index (χ3n) is 5.31. The molecule has 4 N–H and O–H groups in total. The quantitative estimate of drug-likeness (QED) is 0.599. The minimum atomic E-state index is -0.208. The number of carbonyl (C=O) groups excluding carboxylic acids is 1. The molecule has 1 aromatic carbocycles. The summed E-state index contributed by atoms with van der Waals surface area (Å²) in [5, 5.41) is 7.62. The average Bonchev–Trinajstić information content (AvgIpc) is 3.17. The molecule has 0 spiro atoms. The number of nitrogens with two attached hydrogens (primary N) is 1. The van der Waals surface area contributed by atoms with E-state index >= 15 is 0 Å². The fraction of sp³-hybridized carbons (Fsp3) is 0.476. The van der Waals surface area contributed by atoms with Crippen LogP contribution in [-0.2, 0) is 11.4 Å². The predicted molar refractivity (Wildman–Crippen MR) is 118 cm³/mol. The topological polar surface area (TPSA) is 109 Å². The van der Waals surface area contributed by atoms with Crippen molar-refractivity contribution in [3.8, 4) is 0 Å². The Balaban J connectivity index is 1.59. The zero-order valence-electron chi connectivity index (χ0n) is 18.1. The molecule has 1 saturated heterocycles. The van der Waals surface area contributed by atoms with E-state index in [0.717, 1.165) is 30.0 Å². The van der Waals surface area contributed by atoms with E-state index < -0.39 is 0 Å². The number of hydrogen-bond donors (Lipinski definition) is 3. The molecule has 2 amide bonds. The fourth-order valence-electron chi connectivity index (χ4n) is 3.50. The standard InChI is InChI=1S/C21H31N7O2/c1-14(2)15-5-7-16(8-6-15)25-21(29)26-17-9-10-28(11-17)20-18(12-27(3)30-4)19(22)23-13-24-20/h5-8,13-14,17H,9-12H2,1-4H3,(H2,22,23,24)(H2,25,26,29). The Bertz CT molecular complexity index is 857. The first-order chi connectivity index (χ1) is 14.4. The normalized spacial score (nSPS) is 16.3. The maximum absolute atomic E-state index is 12.4. The molecule has 1 atom stereocenters. The van der Waals surface area contributed by atoms with Gasteiger partial charge in [-0.25, -0.2) is 14.8 Å². The second-order valence-corrected chi connectivity index (χ2v) is 7.84. The number of nitrogen functional groups attached to an aromatic ring is 1. The summed E-state index contributed by atoms with van der Waals surface area (Å²) in [6, 6.07) is 7.74. The smallest absolute Gasteiger partial charge is 0.319 e. The third-order valence-corrected chi connectivity index (χ3v) is 5.31. The number of nitrogens with one attached hydrogen (secondary N) is 2. The Morgan fingerprint density at radius 2 is 2.07 bits per heavy atom. The minimum absolute atomic E-state index is 0.0177. The van der Waals surface area contributed by atoms with Gasteiger partial charge in [0.05, 0.1) is 19.2 Å². The van der Waals surface area contributed by atoms with Crippen LogP contribution < -0.4 is 21.3 Å². The molecule has 1 aromatic heterocycles. The fourth-order valence-corrected chi connectivity index (χ4v) is 3.50. The van der Waals surface area contributed by atoms with Crippen LogP contribution in [-0.4, -0.2) is 54.4 Å². The van der Waals surface area contributed by atoms with Crippen LogP contribution in [0.15, 0.2) is 30.6 Å². The van der Waals surface area contributed by atoms with Gasteiger partial charge < -0.3 is 26.1 Å². The van der Waals surface area contributed by atoms with E-state index in [1.165, 1.54) is 11.9 Å². The van der Waals surface area contributed by atoms with E-state index in [2.05, 4.69) is 39.3 Å². The highest BCUT2D eigenvalue weighted by Gasteiger charge is 2.27. The molecule has 2 heterocycles. The van der Waals surface area contributed by atoms with E-state index in [1.807, 2.05) is 31.3 Å². The summed E-state index contributed by atoms with van der Waals surface area (Å²) in [6.45, 7) is 6.18. The molecule has 1 unspecified atom stereocenters. The van der Waals surface area contributed by atoms with Crippen LogP contribution in [0.25, 0.3) is 0 Å². The van der Waals surface area contributed by atoms with Crippen molar-refractivity contribution in [3.05, 3.63) is 41.7 Å². The van der Waals surface area contributed by atoms with Gasteiger partial charge in [0.25, 0.3) is 0 Å². The van der Waals surface area contributed by atoms with Gasteiger partial charge in [0.1, 0.15) is 18.0 Å². The molecule has 1 aliphatic rings. The lowest BCUT2D eigenvalue weighted by Crippen LogP contribution is -2.40. The molecular formula is C21H31N7O2. The first kappa shape index (κ1) is 21.8. The highest BCUT2D eigenvalue weighted by molar-refractivity contribution is 5.89. The van der Waals surface area contributed by atoms with Gasteiger partial charge in [0.15, 0.2) is 0 Å². The summed E-state index contributed by atoms with van der Waals surface area (Å²) in [5.74, 6) is 1.67. The number of nitrogens with zero attached hydrogens (tertiary/aromatic N) is 4. The number of amides is 2. The van der Waals surface area contributed by atoms with Gasteiger partial charge in [0, 0.05) is 31.9 Å². The van der Waals surface area contributed by atoms with E-state index in [-0.39, 0.29) is 12.1 Å². The molecule has 1 aliphatic heterocycles. The zero-order chi connectivity index (χ0) is 21.7. The Labute approximate surface area is 177 Å². The van der Waals surface area contributed by atoms with Crippen molar-refractivity contribution in [2.24, 2.45) is 0 Å². The van der Waals surface area contributed by atoms with E-state index in [9.17, 15) is 4.79 Å². The van der Waals surface area contributed by atoms with Gasteiger partial charge in [-0.3, -0.25) is 0 Å². The number of hydroxylamine groups is 2. The maximum Gasteiger partial charge on any atom is 0.319 e. The molecule has 2 aromatic rings. The summed E-state index contributed by atoms with van der Waals surface area (Å²) >= 11 is 0. The van der Waals surface area contributed by atoms with Gasteiger partial charge in [-0.15, -0.1) is 0 Å². The van der Waals surface area contributed by atoms with Crippen LogP contribution in [0, 0.1) is 0 Å². The summed E-state index contributed by atoms with van der Waals surface area (Å²) in [5.41, 5.74) is 8.92. The van der Waals surface area contributed by atoms with Crippen molar-refractivity contribution in [2.45, 2.75) is 38.8 Å². The van der Waals surface area contributed by atoms with Crippen LogP contribution in [0.2, 0.25) is 0 Å². The van der Waals surface area contributed by atoms with Crippen molar-refractivity contribution >= 4 is 23.4 Å². The van der Waals surface area contributed by atoms with Crippen molar-refractivity contribution in [2.75, 3.05) is 43.2 Å². The maximum atomic E-state index is 12.4. The molecule has 9 heteroatoms. The minimum Gasteiger partial charge on any atom is -0.383 e. The second-order valence-electron chi connectivity index (χ2n) is 7.84. The molecular weight excluding hydrogens is 382 g/mol. The lowest BCUT2D eigenvalue weighted by Gasteiger charge is -2.23. The Hall–Kier alpha value is -2.91. The molecule has 0 saturated carbocycles. The van der Waals surface area contributed by atoms with Crippen molar-refractivity contribution in [3.63, 3.8) is 0 Å². The molecule has 162 valence electrons. The van der Waals surface area contributed by atoms with Crippen molar-refractivity contribution in [1.82, 2.24) is 20.3 Å². The zero-order valence-corrected chi connectivity index (χ0v) is 18.1. The molecule has 0 bridgehead atoms. The largest absolute Gasteiger partial charge is 0.383 e. The van der Waals surface area contributed by atoms with Crippen LogP contribution in [0.5, 0.6) is 0 Å². The average molecular weight is 414 g/mol. The Kier molecular flexibility index (Phi) is 7.07.